The van der Waals surface area contributed by atoms with Crippen LogP contribution in [-0.2, 0) is 16.7 Å². The first-order valence-electron chi connectivity index (χ1n) is 24.5. The molecule has 1 aromatic heterocycles. The second-order valence-corrected chi connectivity index (χ2v) is 20.0. The summed E-state index contributed by atoms with van der Waals surface area (Å²) < 4.78 is 62.8. The quantitative estimate of drug-likeness (QED) is 0.0651. The van der Waals surface area contributed by atoms with Gasteiger partial charge in [0.1, 0.15) is 23.0 Å². The summed E-state index contributed by atoms with van der Waals surface area (Å²) in [7, 11) is 2.16. The first kappa shape index (κ1) is 51.2. The maximum Gasteiger partial charge on any atom is 1.00 e. The van der Waals surface area contributed by atoms with Gasteiger partial charge in [0.05, 0.1) is 43.8 Å². The molecule has 366 valence electrons. The normalized spacial score (nSPS) is 13.3. The smallest absolute Gasteiger partial charge is 0.748 e. The Labute approximate surface area is 450 Å². The molecular formula is C61H58N3NaO7S. The van der Waals surface area contributed by atoms with Crippen molar-refractivity contribution in [1.29, 1.82) is 0 Å². The van der Waals surface area contributed by atoms with Crippen LogP contribution in [0.3, 0.4) is 0 Å². The monoisotopic (exact) mass is 999 g/mol. The summed E-state index contributed by atoms with van der Waals surface area (Å²) in [5, 5.41) is 1.17. The Morgan fingerprint density at radius 3 is 1.07 bits per heavy atom. The third-order valence-electron chi connectivity index (χ3n) is 14.3. The minimum absolute atomic E-state index is 0. The number of hydrogen-bond donors (Lipinski definition) is 0. The zero-order valence-corrected chi connectivity index (χ0v) is 44.8. The number of fused-ring (bicyclic) bond motifs is 3. The summed E-state index contributed by atoms with van der Waals surface area (Å²) >= 11 is 0. The molecule has 8 aromatic carbocycles. The van der Waals surface area contributed by atoms with E-state index in [1.54, 1.807) is 28.4 Å². The summed E-state index contributed by atoms with van der Waals surface area (Å²) in [5.74, 6) is 3.01. The third-order valence-corrected chi connectivity index (χ3v) is 15.7. The van der Waals surface area contributed by atoms with Gasteiger partial charge < -0.3 is 37.9 Å². The molecule has 1 aliphatic carbocycles. The van der Waals surface area contributed by atoms with Gasteiger partial charge in [-0.1, -0.05) is 55.7 Å². The van der Waals surface area contributed by atoms with Crippen LogP contribution in [0.25, 0.3) is 44.1 Å². The van der Waals surface area contributed by atoms with Crippen LogP contribution in [0.1, 0.15) is 38.5 Å². The van der Waals surface area contributed by atoms with Crippen molar-refractivity contribution in [1.82, 2.24) is 4.57 Å². The van der Waals surface area contributed by atoms with Crippen molar-refractivity contribution < 1.29 is 61.5 Å². The molecule has 1 heterocycles. The molecule has 0 radical (unpaired) electrons. The third kappa shape index (κ3) is 11.0. The second-order valence-electron chi connectivity index (χ2n) is 18.4. The first-order valence-corrected chi connectivity index (χ1v) is 26.0. The average molecular weight is 1000 g/mol. The minimum atomic E-state index is -4.51. The minimum Gasteiger partial charge on any atom is -0.748 e. The van der Waals surface area contributed by atoms with E-state index in [0.717, 1.165) is 133 Å². The summed E-state index contributed by atoms with van der Waals surface area (Å²) in [6.45, 7) is 0.407. The molecule has 10 rings (SSSR count). The van der Waals surface area contributed by atoms with Crippen molar-refractivity contribution in [3.63, 3.8) is 0 Å². The number of methoxy groups -OCH3 is 4. The van der Waals surface area contributed by atoms with Gasteiger partial charge in [0.15, 0.2) is 0 Å². The Morgan fingerprint density at radius 2 is 0.767 bits per heavy atom. The first-order chi connectivity index (χ1) is 35.1. The zero-order valence-electron chi connectivity index (χ0n) is 42.0. The molecule has 1 saturated carbocycles. The van der Waals surface area contributed by atoms with Gasteiger partial charge in [-0.2, -0.15) is 0 Å². The number of hydrogen-bond acceptors (Lipinski definition) is 9. The maximum absolute atomic E-state index is 12.9. The van der Waals surface area contributed by atoms with Crippen LogP contribution in [0.2, 0.25) is 0 Å². The second kappa shape index (κ2) is 22.6. The molecule has 0 amide bonds. The van der Waals surface area contributed by atoms with Gasteiger partial charge >= 0.3 is 29.6 Å². The van der Waals surface area contributed by atoms with Crippen LogP contribution in [0.4, 0.5) is 34.1 Å². The van der Waals surface area contributed by atoms with E-state index in [0.29, 0.717) is 6.54 Å². The Balaban J connectivity index is 0.00000656. The molecule has 12 heteroatoms. The topological polar surface area (TPSA) is 106 Å². The molecule has 1 aliphatic rings. The standard InChI is InChI=1S/C61H59N3O7S.Na/c1-68-53-28-20-49(21-29-53)63(50-22-30-54(69-2)31-23-50)47-16-10-42(11-17-47)45-14-36-59-57(40-45)58-41-46(15-37-60(58)62(59)39-38-61(72(65,66)67)44-8-6-5-7-9-44)43-12-18-48(19-13-43)64(51-24-32-55(70-3)33-25-51)52-26-34-56(71-4)35-27-52;/h10-37,40-41,44,61H,5-9,38-39H2,1-4H3,(H,65,66,67);/q;+1/p-1. The molecule has 0 spiro atoms. The molecular weight excluding hydrogens is 942 g/mol. The van der Waals surface area contributed by atoms with Crippen LogP contribution in [-0.4, -0.2) is 51.2 Å². The number of benzene rings is 8. The molecule has 1 unspecified atom stereocenters. The fourth-order valence-corrected chi connectivity index (χ4v) is 11.6. The van der Waals surface area contributed by atoms with Crippen molar-refractivity contribution in [3.05, 3.63) is 182 Å². The number of rotatable bonds is 17. The van der Waals surface area contributed by atoms with Crippen LogP contribution >= 0.6 is 0 Å². The summed E-state index contributed by atoms with van der Waals surface area (Å²) in [5.41, 5.74) is 12.1. The van der Waals surface area contributed by atoms with E-state index in [4.69, 9.17) is 18.9 Å². The molecule has 0 saturated heterocycles. The molecule has 0 bridgehead atoms. The van der Waals surface area contributed by atoms with E-state index in [1.165, 1.54) is 0 Å². The van der Waals surface area contributed by atoms with Crippen LogP contribution < -0.4 is 58.3 Å². The molecule has 0 aliphatic heterocycles. The Hall–Kier alpha value is -6.73. The van der Waals surface area contributed by atoms with Crippen molar-refractivity contribution >= 4 is 66.0 Å². The molecule has 10 nitrogen and oxygen atoms in total. The molecule has 73 heavy (non-hydrogen) atoms. The Kier molecular flexibility index (Phi) is 15.8. The van der Waals surface area contributed by atoms with Crippen molar-refractivity contribution in [2.24, 2.45) is 5.92 Å². The molecule has 0 N–H and O–H groups in total. The molecule has 1 atom stereocenters. The van der Waals surface area contributed by atoms with Gasteiger partial charge in [0.2, 0.25) is 0 Å². The SMILES string of the molecule is COc1ccc(N(c2ccc(OC)cc2)c2ccc(-c3ccc4c(c3)c3cc(-c5ccc(N(c6ccc(OC)cc6)c6ccc(OC)cc6)cc5)ccc3n4CCC(C3CCCCC3)S(=O)(=O)[O-])cc2)cc1.[Na+]. The van der Waals surface area contributed by atoms with Crippen LogP contribution in [0, 0.1) is 5.92 Å². The van der Waals surface area contributed by atoms with Crippen molar-refractivity contribution in [2.75, 3.05) is 38.2 Å². The Bertz CT molecular complexity index is 3100. The number of aryl methyl sites for hydroxylation is 1. The van der Waals surface area contributed by atoms with Gasteiger partial charge in [0.25, 0.3) is 0 Å². The van der Waals surface area contributed by atoms with E-state index in [-0.39, 0.29) is 41.9 Å². The van der Waals surface area contributed by atoms with E-state index < -0.39 is 15.4 Å². The van der Waals surface area contributed by atoms with E-state index in [9.17, 15) is 13.0 Å². The molecule has 9 aromatic rings. The van der Waals surface area contributed by atoms with Gasteiger partial charge in [0, 0.05) is 62.5 Å². The van der Waals surface area contributed by atoms with Gasteiger partial charge in [-0.05, 0) is 193 Å². The molecule has 1 fully saturated rings. The van der Waals surface area contributed by atoms with E-state index in [2.05, 4.69) is 99.3 Å². The van der Waals surface area contributed by atoms with Crippen molar-refractivity contribution in [2.45, 2.75) is 50.3 Å². The summed E-state index contributed by atoms with van der Waals surface area (Å²) in [4.78, 5) is 4.40. The predicted molar refractivity (Wildman–Crippen MR) is 291 cm³/mol. The van der Waals surface area contributed by atoms with Gasteiger partial charge in [-0.3, -0.25) is 0 Å². The fraction of sp³-hybridized carbons (Fsp3) is 0.213. The fourth-order valence-electron chi connectivity index (χ4n) is 10.5. The van der Waals surface area contributed by atoms with Gasteiger partial charge in [-0.15, -0.1) is 0 Å². The van der Waals surface area contributed by atoms with Crippen molar-refractivity contribution in [3.8, 4) is 45.3 Å². The van der Waals surface area contributed by atoms with Crippen LogP contribution in [0.5, 0.6) is 23.0 Å². The maximum atomic E-state index is 12.9. The zero-order chi connectivity index (χ0) is 49.8. The summed E-state index contributed by atoms with van der Waals surface area (Å²) in [6, 6.07) is 62.3. The number of ether oxygens (including phenoxy) is 4. The number of nitrogens with zero attached hydrogens (tertiary/aromatic N) is 3. The summed E-state index contributed by atoms with van der Waals surface area (Å²) in [6.07, 6.45) is 4.82. The largest absolute Gasteiger partial charge is 1.00 e. The van der Waals surface area contributed by atoms with E-state index >= 15 is 0 Å². The van der Waals surface area contributed by atoms with Crippen LogP contribution in [0.15, 0.2) is 182 Å². The predicted octanol–water partition coefficient (Wildman–Crippen LogP) is 12.0. The Morgan fingerprint density at radius 1 is 0.466 bits per heavy atom. The average Bonchev–Trinajstić information content (AvgIpc) is 3.74. The number of anilines is 6. The van der Waals surface area contributed by atoms with Gasteiger partial charge in [-0.25, -0.2) is 8.42 Å². The van der Waals surface area contributed by atoms with E-state index in [1.807, 2.05) is 97.1 Å². The number of aromatic nitrogens is 1.